The van der Waals surface area contributed by atoms with Gasteiger partial charge >= 0.3 is 0 Å². The van der Waals surface area contributed by atoms with E-state index >= 15 is 0 Å². The molecule has 0 spiro atoms. The molecule has 57 valence electrons. The van der Waals surface area contributed by atoms with Crippen molar-refractivity contribution in [2.24, 2.45) is 0 Å². The number of amides is 1. The number of carbonyl (C=O) groups is 1. The summed E-state index contributed by atoms with van der Waals surface area (Å²) < 4.78 is 21.4. The maximum atomic E-state index is 10.7. The molecule has 1 radical (unpaired) electrons. The number of hydrogen-bond donors (Lipinski definition) is 0. The van der Waals surface area contributed by atoms with Crippen molar-refractivity contribution in [1.82, 2.24) is 4.90 Å². The lowest BCUT2D eigenvalue weighted by molar-refractivity contribution is -0.117. The van der Waals surface area contributed by atoms with Crippen LogP contribution in [0.25, 0.3) is 0 Å². The largest absolute Gasteiger partial charge is 0.343 e. The Kier molecular flexibility index (Phi) is 1.94. The van der Waals surface area contributed by atoms with Crippen LogP contribution < -0.4 is 0 Å². The second-order valence-electron chi connectivity index (χ2n) is 2.13. The Morgan fingerprint density at radius 1 is 1.50 bits per heavy atom. The zero-order chi connectivity index (χ0) is 7.61. The van der Waals surface area contributed by atoms with Gasteiger partial charge in [0, 0.05) is 13.1 Å². The van der Waals surface area contributed by atoms with E-state index in [2.05, 4.69) is 0 Å². The van der Waals surface area contributed by atoms with E-state index in [0.717, 1.165) is 0 Å². The summed E-state index contributed by atoms with van der Waals surface area (Å²) in [5.74, 6) is 1.23. The van der Waals surface area contributed by atoms with Gasteiger partial charge in [-0.2, -0.15) is 0 Å². The number of hydrogen-bond acceptors (Lipinski definition) is 3. The first-order valence-electron chi connectivity index (χ1n) is 2.89. The smallest absolute Gasteiger partial charge is 0.209 e. The standard InChI is InChI=1S/C5H8NO3S/c7-5-6-1-3-10(8,9)4-2-6/h3,5H,1-2,4H2. The summed E-state index contributed by atoms with van der Waals surface area (Å²) in [5.41, 5.74) is 0. The van der Waals surface area contributed by atoms with Crippen molar-refractivity contribution >= 4 is 16.2 Å². The quantitative estimate of drug-likeness (QED) is 0.466. The van der Waals surface area contributed by atoms with E-state index in [4.69, 9.17) is 0 Å². The first-order valence-corrected chi connectivity index (χ1v) is 4.61. The number of rotatable bonds is 1. The van der Waals surface area contributed by atoms with E-state index in [-0.39, 0.29) is 12.3 Å². The minimum Gasteiger partial charge on any atom is -0.343 e. The fourth-order valence-electron chi connectivity index (χ4n) is 0.724. The lowest BCUT2D eigenvalue weighted by Crippen LogP contribution is -2.36. The molecule has 10 heavy (non-hydrogen) atoms. The predicted octanol–water partition coefficient (Wildman–Crippen LogP) is -0.965. The average molecular weight is 162 g/mol. The van der Waals surface area contributed by atoms with Gasteiger partial charge < -0.3 is 4.90 Å². The van der Waals surface area contributed by atoms with Gasteiger partial charge in [-0.05, 0) is 0 Å². The van der Waals surface area contributed by atoms with Crippen molar-refractivity contribution < 1.29 is 13.2 Å². The Bertz CT molecular complexity index is 207. The molecule has 1 rings (SSSR count). The van der Waals surface area contributed by atoms with Crippen molar-refractivity contribution in [3.63, 3.8) is 0 Å². The molecule has 0 aromatic rings. The third-order valence-corrected chi connectivity index (χ3v) is 2.78. The zero-order valence-electron chi connectivity index (χ0n) is 5.36. The van der Waals surface area contributed by atoms with Crippen LogP contribution in [-0.2, 0) is 14.6 Å². The normalized spacial score (nSPS) is 24.2. The highest BCUT2D eigenvalue weighted by atomic mass is 32.2. The minimum atomic E-state index is -2.95. The molecule has 5 heteroatoms. The van der Waals surface area contributed by atoms with Crippen LogP contribution >= 0.6 is 0 Å². The molecule has 0 saturated carbocycles. The van der Waals surface area contributed by atoms with Gasteiger partial charge in [-0.3, -0.25) is 4.79 Å². The van der Waals surface area contributed by atoms with Crippen LogP contribution in [0.5, 0.6) is 0 Å². The molecule has 0 aliphatic carbocycles. The minimum absolute atomic E-state index is 0.0612. The van der Waals surface area contributed by atoms with Crippen LogP contribution in [-0.4, -0.2) is 38.6 Å². The summed E-state index contributed by atoms with van der Waals surface area (Å²) in [7, 11) is -2.95. The van der Waals surface area contributed by atoms with Crippen molar-refractivity contribution in [2.45, 2.75) is 0 Å². The molecule has 1 heterocycles. The van der Waals surface area contributed by atoms with Crippen LogP contribution in [0.15, 0.2) is 0 Å². The first-order chi connectivity index (χ1) is 4.64. The Labute approximate surface area is 59.7 Å². The Balaban J connectivity index is 2.54. The summed E-state index contributed by atoms with van der Waals surface area (Å²) in [6, 6.07) is 0. The van der Waals surface area contributed by atoms with Crippen LogP contribution in [0.1, 0.15) is 0 Å². The second kappa shape index (κ2) is 2.57. The van der Waals surface area contributed by atoms with Gasteiger partial charge in [-0.25, -0.2) is 8.42 Å². The molecule has 1 aliphatic heterocycles. The lowest BCUT2D eigenvalue weighted by Gasteiger charge is -2.21. The van der Waals surface area contributed by atoms with E-state index in [1.807, 2.05) is 0 Å². The van der Waals surface area contributed by atoms with Gasteiger partial charge in [0.2, 0.25) is 6.41 Å². The SMILES string of the molecule is O=CN1C[CH]S(=O)(=O)CC1. The number of carbonyl (C=O) groups excluding carboxylic acids is 1. The predicted molar refractivity (Wildman–Crippen MR) is 35.7 cm³/mol. The number of nitrogens with zero attached hydrogens (tertiary/aromatic N) is 1. The molecule has 0 aromatic carbocycles. The van der Waals surface area contributed by atoms with E-state index < -0.39 is 9.84 Å². The van der Waals surface area contributed by atoms with Crippen LogP contribution in [0.4, 0.5) is 0 Å². The highest BCUT2D eigenvalue weighted by molar-refractivity contribution is 7.93. The summed E-state index contributed by atoms with van der Waals surface area (Å²) in [4.78, 5) is 11.5. The van der Waals surface area contributed by atoms with Crippen LogP contribution in [0, 0.1) is 5.75 Å². The molecule has 1 aliphatic rings. The van der Waals surface area contributed by atoms with Crippen molar-refractivity contribution in [3.05, 3.63) is 5.75 Å². The van der Waals surface area contributed by atoms with Crippen LogP contribution in [0.2, 0.25) is 0 Å². The third-order valence-electron chi connectivity index (χ3n) is 1.38. The van der Waals surface area contributed by atoms with Gasteiger partial charge in [-0.1, -0.05) is 0 Å². The lowest BCUT2D eigenvalue weighted by atomic mass is 10.5. The van der Waals surface area contributed by atoms with Crippen LogP contribution in [0.3, 0.4) is 0 Å². The third kappa shape index (κ3) is 1.70. The first kappa shape index (κ1) is 7.53. The molecule has 0 atom stereocenters. The topological polar surface area (TPSA) is 54.5 Å². The van der Waals surface area contributed by atoms with Gasteiger partial charge in [0.05, 0.1) is 11.5 Å². The Morgan fingerprint density at radius 3 is 2.60 bits per heavy atom. The molecule has 1 amide bonds. The molecular formula is C5H8NO3S. The van der Waals surface area contributed by atoms with Gasteiger partial charge in [-0.15, -0.1) is 0 Å². The van der Waals surface area contributed by atoms with Crippen molar-refractivity contribution in [2.75, 3.05) is 18.8 Å². The number of sulfone groups is 1. The highest BCUT2D eigenvalue weighted by Crippen LogP contribution is 2.04. The van der Waals surface area contributed by atoms with Gasteiger partial charge in [0.1, 0.15) is 0 Å². The molecule has 1 fully saturated rings. The molecular weight excluding hydrogens is 154 g/mol. The summed E-state index contributed by atoms with van der Waals surface area (Å²) >= 11 is 0. The fraction of sp³-hybridized carbons (Fsp3) is 0.600. The van der Waals surface area contributed by atoms with Gasteiger partial charge in [0.25, 0.3) is 0 Å². The Hall–Kier alpha value is -0.580. The monoisotopic (exact) mass is 162 g/mol. The molecule has 0 aromatic heterocycles. The average Bonchev–Trinajstić information content (AvgIpc) is 1.88. The van der Waals surface area contributed by atoms with E-state index in [9.17, 15) is 13.2 Å². The van der Waals surface area contributed by atoms with Crippen molar-refractivity contribution in [1.29, 1.82) is 0 Å². The maximum Gasteiger partial charge on any atom is 0.209 e. The molecule has 0 unspecified atom stereocenters. The second-order valence-corrected chi connectivity index (χ2v) is 4.20. The molecule has 4 nitrogen and oxygen atoms in total. The van der Waals surface area contributed by atoms with E-state index in [1.165, 1.54) is 10.7 Å². The molecule has 0 bridgehead atoms. The highest BCUT2D eigenvalue weighted by Gasteiger charge is 2.20. The fourth-order valence-corrected chi connectivity index (χ4v) is 1.80. The maximum absolute atomic E-state index is 10.7. The summed E-state index contributed by atoms with van der Waals surface area (Å²) in [6.45, 7) is 0.550. The van der Waals surface area contributed by atoms with Crippen molar-refractivity contribution in [3.8, 4) is 0 Å². The zero-order valence-corrected chi connectivity index (χ0v) is 6.17. The Morgan fingerprint density at radius 2 is 2.20 bits per heavy atom. The van der Waals surface area contributed by atoms with Gasteiger partial charge in [0.15, 0.2) is 9.84 Å². The molecule has 0 N–H and O–H groups in total. The summed E-state index contributed by atoms with van der Waals surface area (Å²) in [5, 5.41) is 0. The summed E-state index contributed by atoms with van der Waals surface area (Å²) in [6.07, 6.45) is 0.658. The van der Waals surface area contributed by atoms with E-state index in [0.29, 0.717) is 13.0 Å². The molecule has 1 saturated heterocycles. The van der Waals surface area contributed by atoms with E-state index in [1.54, 1.807) is 0 Å².